The summed E-state index contributed by atoms with van der Waals surface area (Å²) >= 11 is 0. The van der Waals surface area contributed by atoms with Gasteiger partial charge in [0.2, 0.25) is 0 Å². The molecule has 19 heavy (non-hydrogen) atoms. The van der Waals surface area contributed by atoms with Gasteiger partial charge in [0.1, 0.15) is 0 Å². The molecule has 4 aliphatic carbocycles. The second-order valence-corrected chi connectivity index (χ2v) is 7.44. The Kier molecular flexibility index (Phi) is 2.73. The van der Waals surface area contributed by atoms with Crippen LogP contribution in [0.5, 0.6) is 0 Å². The molecule has 1 heterocycles. The Morgan fingerprint density at radius 2 is 1.79 bits per heavy atom. The lowest BCUT2D eigenvalue weighted by Crippen LogP contribution is -2.48. The van der Waals surface area contributed by atoms with Crippen molar-refractivity contribution in [2.24, 2.45) is 28.9 Å². The first-order valence-electron chi connectivity index (χ1n) is 7.97. The van der Waals surface area contributed by atoms with Crippen LogP contribution in [-0.4, -0.2) is 16.3 Å². The maximum absolute atomic E-state index is 5.71. The van der Waals surface area contributed by atoms with Crippen molar-refractivity contribution in [3.05, 3.63) is 18.0 Å². The predicted octanol–water partition coefficient (Wildman–Crippen LogP) is 2.60. The number of nitrogens with two attached hydrogens (primary N) is 1. The Balaban J connectivity index is 1.57. The largest absolute Gasteiger partial charge is 0.330 e. The fourth-order valence-corrected chi connectivity index (χ4v) is 5.66. The molecule has 0 unspecified atom stereocenters. The molecule has 0 atom stereocenters. The molecular formula is C16H25N3. The molecule has 4 fully saturated rings. The first-order valence-corrected chi connectivity index (χ1v) is 7.97. The second-order valence-electron chi connectivity index (χ2n) is 7.44. The zero-order chi connectivity index (χ0) is 12.9. The van der Waals surface area contributed by atoms with Crippen LogP contribution in [0.3, 0.4) is 0 Å². The Hall–Kier alpha value is -0.830. The molecule has 0 aliphatic heterocycles. The standard InChI is InChI=1S/C16H25N3/c17-3-1-15-2-4-18-19(15)11-16-8-12-5-13(9-16)7-14(6-12)10-16/h2,4,12-14H,1,3,5-11,17H2. The lowest BCUT2D eigenvalue weighted by atomic mass is 9.49. The van der Waals surface area contributed by atoms with Crippen molar-refractivity contribution in [1.82, 2.24) is 9.78 Å². The van der Waals surface area contributed by atoms with E-state index in [1.54, 1.807) is 0 Å². The summed E-state index contributed by atoms with van der Waals surface area (Å²) in [5, 5.41) is 4.57. The van der Waals surface area contributed by atoms with Crippen molar-refractivity contribution in [2.45, 2.75) is 51.5 Å². The number of rotatable bonds is 4. The minimum Gasteiger partial charge on any atom is -0.330 e. The van der Waals surface area contributed by atoms with Gasteiger partial charge in [-0.2, -0.15) is 5.10 Å². The van der Waals surface area contributed by atoms with Gasteiger partial charge in [0.25, 0.3) is 0 Å². The van der Waals surface area contributed by atoms with Gasteiger partial charge in [-0.15, -0.1) is 0 Å². The average molecular weight is 259 g/mol. The molecule has 0 aromatic carbocycles. The quantitative estimate of drug-likeness (QED) is 0.903. The summed E-state index contributed by atoms with van der Waals surface area (Å²) in [5.74, 6) is 3.08. The molecule has 3 heteroatoms. The highest BCUT2D eigenvalue weighted by Gasteiger charge is 2.51. The van der Waals surface area contributed by atoms with Crippen molar-refractivity contribution in [2.75, 3.05) is 6.54 Å². The normalized spacial score (nSPS) is 39.9. The van der Waals surface area contributed by atoms with Gasteiger partial charge in [0, 0.05) is 24.9 Å². The van der Waals surface area contributed by atoms with Crippen LogP contribution in [-0.2, 0) is 13.0 Å². The van der Waals surface area contributed by atoms with Gasteiger partial charge in [-0.05, 0) is 74.3 Å². The summed E-state index contributed by atoms with van der Waals surface area (Å²) in [5.41, 5.74) is 7.61. The van der Waals surface area contributed by atoms with Crippen LogP contribution < -0.4 is 5.73 Å². The Morgan fingerprint density at radius 3 is 2.37 bits per heavy atom. The van der Waals surface area contributed by atoms with E-state index in [0.29, 0.717) is 5.41 Å². The van der Waals surface area contributed by atoms with E-state index in [2.05, 4.69) is 15.8 Å². The summed E-state index contributed by atoms with van der Waals surface area (Å²) < 4.78 is 2.26. The smallest absolute Gasteiger partial charge is 0.0492 e. The number of hydrogen-bond donors (Lipinski definition) is 1. The van der Waals surface area contributed by atoms with E-state index in [9.17, 15) is 0 Å². The molecule has 0 spiro atoms. The second kappa shape index (κ2) is 4.34. The molecule has 1 aromatic rings. The first-order chi connectivity index (χ1) is 9.26. The van der Waals surface area contributed by atoms with Crippen molar-refractivity contribution in [3.8, 4) is 0 Å². The van der Waals surface area contributed by atoms with Crippen LogP contribution in [0.25, 0.3) is 0 Å². The van der Waals surface area contributed by atoms with E-state index < -0.39 is 0 Å². The number of aromatic nitrogens is 2. The van der Waals surface area contributed by atoms with E-state index in [1.807, 2.05) is 6.20 Å². The first kappa shape index (κ1) is 12.0. The molecule has 5 rings (SSSR count). The van der Waals surface area contributed by atoms with Gasteiger partial charge in [0.15, 0.2) is 0 Å². The van der Waals surface area contributed by atoms with Gasteiger partial charge in [-0.1, -0.05) is 0 Å². The molecule has 0 amide bonds. The van der Waals surface area contributed by atoms with Gasteiger partial charge in [0.05, 0.1) is 0 Å². The molecule has 0 radical (unpaired) electrons. The molecule has 4 saturated carbocycles. The zero-order valence-electron chi connectivity index (χ0n) is 11.7. The molecular weight excluding hydrogens is 234 g/mol. The van der Waals surface area contributed by atoms with Crippen LogP contribution >= 0.6 is 0 Å². The van der Waals surface area contributed by atoms with Gasteiger partial charge < -0.3 is 5.73 Å². The molecule has 4 aliphatic rings. The van der Waals surface area contributed by atoms with Crippen LogP contribution in [0.2, 0.25) is 0 Å². The highest BCUT2D eigenvalue weighted by atomic mass is 15.3. The average Bonchev–Trinajstić information content (AvgIpc) is 2.74. The van der Waals surface area contributed by atoms with Crippen LogP contribution in [0.4, 0.5) is 0 Å². The lowest BCUT2D eigenvalue weighted by molar-refractivity contribution is -0.0639. The third kappa shape index (κ3) is 2.03. The lowest BCUT2D eigenvalue weighted by Gasteiger charge is -2.56. The van der Waals surface area contributed by atoms with Gasteiger partial charge in [-0.3, -0.25) is 4.68 Å². The third-order valence-electron chi connectivity index (χ3n) is 5.86. The SMILES string of the molecule is NCCc1ccnn1CC12CC3CC(CC(C3)C1)C2. The third-order valence-corrected chi connectivity index (χ3v) is 5.86. The highest BCUT2D eigenvalue weighted by molar-refractivity contribution is 5.05. The molecule has 1 aromatic heterocycles. The summed E-state index contributed by atoms with van der Waals surface area (Å²) in [6.07, 6.45) is 11.9. The molecule has 2 N–H and O–H groups in total. The monoisotopic (exact) mass is 259 g/mol. The molecule has 0 saturated heterocycles. The minimum absolute atomic E-state index is 0.574. The van der Waals surface area contributed by atoms with E-state index in [4.69, 9.17) is 5.73 Å². The van der Waals surface area contributed by atoms with Crippen molar-refractivity contribution in [3.63, 3.8) is 0 Å². The van der Waals surface area contributed by atoms with Crippen LogP contribution in [0.1, 0.15) is 44.2 Å². The molecule has 3 nitrogen and oxygen atoms in total. The maximum Gasteiger partial charge on any atom is 0.0492 e. The zero-order valence-corrected chi connectivity index (χ0v) is 11.7. The Bertz CT molecular complexity index is 427. The highest BCUT2D eigenvalue weighted by Crippen LogP contribution is 2.60. The predicted molar refractivity (Wildman–Crippen MR) is 75.6 cm³/mol. The van der Waals surface area contributed by atoms with E-state index in [0.717, 1.165) is 37.3 Å². The summed E-state index contributed by atoms with van der Waals surface area (Å²) in [7, 11) is 0. The Morgan fingerprint density at radius 1 is 1.16 bits per heavy atom. The van der Waals surface area contributed by atoms with E-state index >= 15 is 0 Å². The van der Waals surface area contributed by atoms with E-state index in [-0.39, 0.29) is 0 Å². The molecule has 104 valence electrons. The van der Waals surface area contributed by atoms with Crippen molar-refractivity contribution >= 4 is 0 Å². The Labute approximate surface area is 115 Å². The maximum atomic E-state index is 5.71. The summed E-state index contributed by atoms with van der Waals surface area (Å²) in [6, 6.07) is 2.15. The van der Waals surface area contributed by atoms with E-state index in [1.165, 1.54) is 44.2 Å². The summed E-state index contributed by atoms with van der Waals surface area (Å²) in [6.45, 7) is 1.88. The summed E-state index contributed by atoms with van der Waals surface area (Å²) in [4.78, 5) is 0. The number of hydrogen-bond acceptors (Lipinski definition) is 2. The van der Waals surface area contributed by atoms with Gasteiger partial charge >= 0.3 is 0 Å². The fourth-order valence-electron chi connectivity index (χ4n) is 5.66. The van der Waals surface area contributed by atoms with Crippen molar-refractivity contribution in [1.29, 1.82) is 0 Å². The van der Waals surface area contributed by atoms with Crippen LogP contribution in [0, 0.1) is 23.2 Å². The molecule has 4 bridgehead atoms. The van der Waals surface area contributed by atoms with Crippen molar-refractivity contribution < 1.29 is 0 Å². The van der Waals surface area contributed by atoms with Crippen LogP contribution in [0.15, 0.2) is 12.3 Å². The number of nitrogens with zero attached hydrogens (tertiary/aromatic N) is 2. The minimum atomic E-state index is 0.574. The van der Waals surface area contributed by atoms with Gasteiger partial charge in [-0.25, -0.2) is 0 Å². The fraction of sp³-hybridized carbons (Fsp3) is 0.812. The topological polar surface area (TPSA) is 43.8 Å².